The Hall–Kier alpha value is -2.08. The number of aromatic nitrogens is 4. The van der Waals surface area contributed by atoms with E-state index >= 15 is 0 Å². The molecule has 5 nitrogen and oxygen atoms in total. The van der Waals surface area contributed by atoms with Crippen LogP contribution in [0.4, 0.5) is 0 Å². The standard InChI is InChI=1S/C11H8N4OS/c1-6-13-9(16)8-11(14-6)17-10(15-8)7-2-4-12-5-3-7/h2-5H,1H3,(H,13,14,16). The lowest BCUT2D eigenvalue weighted by molar-refractivity contribution is 1.06. The van der Waals surface area contributed by atoms with Crippen LogP contribution in [0, 0.1) is 6.92 Å². The number of aryl methyl sites for hydroxylation is 1. The number of H-pyrrole nitrogens is 1. The number of rotatable bonds is 1. The molecule has 0 saturated carbocycles. The van der Waals surface area contributed by atoms with Crippen LogP contribution in [0.2, 0.25) is 0 Å². The van der Waals surface area contributed by atoms with E-state index in [1.54, 1.807) is 19.3 Å². The van der Waals surface area contributed by atoms with Gasteiger partial charge in [0.25, 0.3) is 5.56 Å². The van der Waals surface area contributed by atoms with Crippen molar-refractivity contribution in [1.82, 2.24) is 19.9 Å². The van der Waals surface area contributed by atoms with E-state index < -0.39 is 0 Å². The van der Waals surface area contributed by atoms with Gasteiger partial charge in [0.15, 0.2) is 10.3 Å². The highest BCUT2D eigenvalue weighted by Crippen LogP contribution is 2.26. The monoisotopic (exact) mass is 244 g/mol. The topological polar surface area (TPSA) is 71.5 Å². The van der Waals surface area contributed by atoms with Crippen molar-refractivity contribution < 1.29 is 0 Å². The second-order valence-corrected chi connectivity index (χ2v) is 4.54. The van der Waals surface area contributed by atoms with Gasteiger partial charge in [-0.15, -0.1) is 0 Å². The molecular formula is C11H8N4OS. The first-order valence-corrected chi connectivity index (χ1v) is 5.83. The molecular weight excluding hydrogens is 236 g/mol. The number of nitrogens with one attached hydrogen (secondary N) is 1. The molecule has 3 rings (SSSR count). The first-order valence-electron chi connectivity index (χ1n) is 5.02. The van der Waals surface area contributed by atoms with Gasteiger partial charge in [-0.05, 0) is 19.1 Å². The molecule has 0 unspecified atom stereocenters. The molecule has 0 fully saturated rings. The Morgan fingerprint density at radius 1 is 1.24 bits per heavy atom. The average molecular weight is 244 g/mol. The normalized spacial score (nSPS) is 10.9. The van der Waals surface area contributed by atoms with Crippen molar-refractivity contribution >= 4 is 21.7 Å². The predicted octanol–water partition coefficient (Wildman–Crippen LogP) is 1.75. The molecule has 0 aliphatic rings. The largest absolute Gasteiger partial charge is 0.309 e. The molecule has 3 aromatic heterocycles. The summed E-state index contributed by atoms with van der Waals surface area (Å²) in [4.78, 5) is 27.5. The third-order valence-corrected chi connectivity index (χ3v) is 3.31. The van der Waals surface area contributed by atoms with Crippen LogP contribution in [0.1, 0.15) is 5.82 Å². The maximum Gasteiger partial charge on any atom is 0.278 e. The van der Waals surface area contributed by atoms with E-state index in [1.165, 1.54) is 11.3 Å². The Bertz CT molecular complexity index is 732. The Kier molecular flexibility index (Phi) is 2.22. The van der Waals surface area contributed by atoms with E-state index in [9.17, 15) is 4.79 Å². The van der Waals surface area contributed by atoms with Gasteiger partial charge in [-0.2, -0.15) is 0 Å². The van der Waals surface area contributed by atoms with Crippen molar-refractivity contribution in [2.75, 3.05) is 0 Å². The van der Waals surface area contributed by atoms with Crippen LogP contribution in [0.5, 0.6) is 0 Å². The zero-order valence-electron chi connectivity index (χ0n) is 8.97. The number of fused-ring (bicyclic) bond motifs is 1. The maximum atomic E-state index is 11.7. The third kappa shape index (κ3) is 1.72. The molecule has 0 radical (unpaired) electrons. The summed E-state index contributed by atoms with van der Waals surface area (Å²) >= 11 is 1.41. The Morgan fingerprint density at radius 3 is 2.76 bits per heavy atom. The minimum atomic E-state index is -0.191. The van der Waals surface area contributed by atoms with Gasteiger partial charge < -0.3 is 4.98 Å². The van der Waals surface area contributed by atoms with Gasteiger partial charge in [-0.3, -0.25) is 9.78 Å². The van der Waals surface area contributed by atoms with E-state index in [2.05, 4.69) is 19.9 Å². The van der Waals surface area contributed by atoms with Crippen LogP contribution in [0.25, 0.3) is 20.9 Å². The molecule has 0 aromatic carbocycles. The summed E-state index contributed by atoms with van der Waals surface area (Å²) in [6.45, 7) is 1.76. The highest BCUT2D eigenvalue weighted by atomic mass is 32.1. The molecule has 0 spiro atoms. The first kappa shape index (κ1) is 10.1. The van der Waals surface area contributed by atoms with Gasteiger partial charge in [0.2, 0.25) is 0 Å². The van der Waals surface area contributed by atoms with E-state index in [-0.39, 0.29) is 5.56 Å². The maximum absolute atomic E-state index is 11.7. The summed E-state index contributed by atoms with van der Waals surface area (Å²) in [7, 11) is 0. The van der Waals surface area contributed by atoms with E-state index in [0.717, 1.165) is 10.6 Å². The molecule has 17 heavy (non-hydrogen) atoms. The van der Waals surface area contributed by atoms with Gasteiger partial charge in [-0.1, -0.05) is 11.3 Å². The van der Waals surface area contributed by atoms with E-state index in [4.69, 9.17) is 0 Å². The highest BCUT2D eigenvalue weighted by Gasteiger charge is 2.10. The van der Waals surface area contributed by atoms with Gasteiger partial charge in [0.05, 0.1) is 0 Å². The summed E-state index contributed by atoms with van der Waals surface area (Å²) in [5.41, 5.74) is 1.15. The van der Waals surface area contributed by atoms with Gasteiger partial charge in [0, 0.05) is 18.0 Å². The van der Waals surface area contributed by atoms with Crippen molar-refractivity contribution in [2.24, 2.45) is 0 Å². The van der Waals surface area contributed by atoms with Gasteiger partial charge in [-0.25, -0.2) is 9.97 Å². The summed E-state index contributed by atoms with van der Waals surface area (Å²) < 4.78 is 0. The smallest absolute Gasteiger partial charge is 0.278 e. The van der Waals surface area contributed by atoms with Crippen molar-refractivity contribution in [1.29, 1.82) is 0 Å². The lowest BCUT2D eigenvalue weighted by Gasteiger charge is -1.91. The fourth-order valence-corrected chi connectivity index (χ4v) is 2.55. The van der Waals surface area contributed by atoms with Crippen LogP contribution in [-0.4, -0.2) is 19.9 Å². The fourth-order valence-electron chi connectivity index (χ4n) is 1.56. The van der Waals surface area contributed by atoms with Gasteiger partial charge in [0.1, 0.15) is 10.8 Å². The number of aromatic amines is 1. The molecule has 1 N–H and O–H groups in total. The van der Waals surface area contributed by atoms with Crippen LogP contribution in [0.3, 0.4) is 0 Å². The van der Waals surface area contributed by atoms with Crippen molar-refractivity contribution in [3.8, 4) is 10.6 Å². The van der Waals surface area contributed by atoms with E-state index in [1.807, 2.05) is 12.1 Å². The molecule has 84 valence electrons. The first-order chi connectivity index (χ1) is 8.24. The SMILES string of the molecule is Cc1nc2sc(-c3ccncc3)nc2c(=O)[nH]1. The predicted molar refractivity (Wildman–Crippen MR) is 66.0 cm³/mol. The second-order valence-electron chi connectivity index (χ2n) is 3.56. The number of nitrogens with zero attached hydrogens (tertiary/aromatic N) is 3. The van der Waals surface area contributed by atoms with Crippen LogP contribution >= 0.6 is 11.3 Å². The Labute approximate surface area is 100 Å². The molecule has 3 aromatic rings. The zero-order chi connectivity index (χ0) is 11.8. The average Bonchev–Trinajstić information content (AvgIpc) is 2.74. The van der Waals surface area contributed by atoms with Crippen LogP contribution in [-0.2, 0) is 0 Å². The third-order valence-electron chi connectivity index (χ3n) is 2.32. The van der Waals surface area contributed by atoms with Crippen molar-refractivity contribution in [3.05, 3.63) is 40.7 Å². The molecule has 3 heterocycles. The molecule has 0 amide bonds. The van der Waals surface area contributed by atoms with Crippen molar-refractivity contribution in [3.63, 3.8) is 0 Å². The molecule has 6 heteroatoms. The van der Waals surface area contributed by atoms with Gasteiger partial charge >= 0.3 is 0 Å². The second kappa shape index (κ2) is 3.74. The Morgan fingerprint density at radius 2 is 2.00 bits per heavy atom. The molecule has 0 aliphatic heterocycles. The van der Waals surface area contributed by atoms with E-state index in [0.29, 0.717) is 16.2 Å². The lowest BCUT2D eigenvalue weighted by Crippen LogP contribution is -2.08. The number of pyridine rings is 1. The summed E-state index contributed by atoms with van der Waals surface area (Å²) in [5, 5.41) is 0.783. The molecule has 0 aliphatic carbocycles. The number of hydrogen-bond acceptors (Lipinski definition) is 5. The van der Waals surface area contributed by atoms with Crippen LogP contribution < -0.4 is 5.56 Å². The minimum Gasteiger partial charge on any atom is -0.309 e. The number of hydrogen-bond donors (Lipinski definition) is 1. The lowest BCUT2D eigenvalue weighted by atomic mass is 10.3. The highest BCUT2D eigenvalue weighted by molar-refractivity contribution is 7.21. The molecule has 0 bridgehead atoms. The molecule has 0 atom stereocenters. The van der Waals surface area contributed by atoms with Crippen LogP contribution in [0.15, 0.2) is 29.3 Å². The minimum absolute atomic E-state index is 0.191. The summed E-state index contributed by atoms with van der Waals surface area (Å²) in [6, 6.07) is 3.72. The quantitative estimate of drug-likeness (QED) is 0.708. The number of thiazole rings is 1. The Balaban J connectivity index is 2.28. The fraction of sp³-hybridized carbons (Fsp3) is 0.0909. The summed E-state index contributed by atoms with van der Waals surface area (Å²) in [5.74, 6) is 0.604. The molecule has 0 saturated heterocycles. The van der Waals surface area contributed by atoms with Crippen molar-refractivity contribution in [2.45, 2.75) is 6.92 Å². The zero-order valence-corrected chi connectivity index (χ0v) is 9.78. The summed E-state index contributed by atoms with van der Waals surface area (Å²) in [6.07, 6.45) is 3.40.